The van der Waals surface area contributed by atoms with Crippen LogP contribution >= 0.6 is 35.0 Å². The molecule has 0 saturated carbocycles. The molecule has 1 amide bonds. The highest BCUT2D eigenvalue weighted by Gasteiger charge is 2.20. The van der Waals surface area contributed by atoms with Crippen molar-refractivity contribution < 1.29 is 9.53 Å². The number of nitrogens with one attached hydrogen (secondary N) is 1. The Balaban J connectivity index is 1.69. The van der Waals surface area contributed by atoms with E-state index in [4.69, 9.17) is 27.9 Å². The Labute approximate surface area is 195 Å². The summed E-state index contributed by atoms with van der Waals surface area (Å²) in [5.74, 6) is 1.19. The monoisotopic (exact) mass is 476 g/mol. The van der Waals surface area contributed by atoms with Gasteiger partial charge in [-0.15, -0.1) is 16.8 Å². The van der Waals surface area contributed by atoms with E-state index in [0.717, 1.165) is 5.56 Å². The van der Waals surface area contributed by atoms with Gasteiger partial charge in [-0.1, -0.05) is 59.2 Å². The number of aromatic nitrogens is 3. The highest BCUT2D eigenvalue weighted by molar-refractivity contribution is 7.99. The van der Waals surface area contributed by atoms with Gasteiger partial charge >= 0.3 is 0 Å². The van der Waals surface area contributed by atoms with Crippen LogP contribution in [0.4, 0.5) is 5.69 Å². The Morgan fingerprint density at radius 2 is 2.06 bits per heavy atom. The molecule has 0 aliphatic heterocycles. The smallest absolute Gasteiger partial charge is 0.234 e. The molecule has 1 atom stereocenters. The van der Waals surface area contributed by atoms with E-state index < -0.39 is 6.10 Å². The fourth-order valence-electron chi connectivity index (χ4n) is 2.84. The number of rotatable bonds is 9. The summed E-state index contributed by atoms with van der Waals surface area (Å²) in [5.41, 5.74) is 1.62. The molecule has 0 saturated heterocycles. The Kier molecular flexibility index (Phi) is 8.01. The van der Waals surface area contributed by atoms with E-state index in [1.165, 1.54) is 11.8 Å². The maximum absolute atomic E-state index is 12.4. The third-order valence-electron chi connectivity index (χ3n) is 4.37. The predicted octanol–water partition coefficient (Wildman–Crippen LogP) is 5.95. The second kappa shape index (κ2) is 10.7. The molecule has 1 aromatic heterocycles. The number of carbonyl (C=O) groups excluding carboxylic acids is 1. The Morgan fingerprint density at radius 1 is 1.29 bits per heavy atom. The lowest BCUT2D eigenvalue weighted by atomic mass is 10.2. The van der Waals surface area contributed by atoms with Crippen molar-refractivity contribution in [2.75, 3.05) is 11.1 Å². The molecule has 0 fully saturated rings. The van der Waals surface area contributed by atoms with Crippen LogP contribution in [0.25, 0.3) is 0 Å². The van der Waals surface area contributed by atoms with E-state index in [2.05, 4.69) is 22.1 Å². The van der Waals surface area contributed by atoms with Crippen LogP contribution < -0.4 is 10.1 Å². The topological polar surface area (TPSA) is 69.0 Å². The van der Waals surface area contributed by atoms with Gasteiger partial charge in [-0.25, -0.2) is 0 Å². The number of para-hydroxylation sites is 1. The summed E-state index contributed by atoms with van der Waals surface area (Å²) in [5, 5.41) is 13.1. The molecule has 0 spiro atoms. The number of hydrogen-bond donors (Lipinski definition) is 1. The normalized spacial score (nSPS) is 11.7. The zero-order chi connectivity index (χ0) is 22.4. The summed E-state index contributed by atoms with van der Waals surface area (Å²) in [4.78, 5) is 12.4. The van der Waals surface area contributed by atoms with Gasteiger partial charge < -0.3 is 10.1 Å². The molecule has 9 heteroatoms. The van der Waals surface area contributed by atoms with Gasteiger partial charge in [0.2, 0.25) is 5.91 Å². The Morgan fingerprint density at radius 3 is 2.81 bits per heavy atom. The summed E-state index contributed by atoms with van der Waals surface area (Å²) < 4.78 is 7.84. The molecule has 1 heterocycles. The molecule has 1 unspecified atom stereocenters. The molecule has 6 nitrogen and oxygen atoms in total. The molecular weight excluding hydrogens is 455 g/mol. The largest absolute Gasteiger partial charge is 0.481 e. The lowest BCUT2D eigenvalue weighted by molar-refractivity contribution is -0.113. The minimum atomic E-state index is -0.398. The van der Waals surface area contributed by atoms with Crippen molar-refractivity contribution in [3.63, 3.8) is 0 Å². The van der Waals surface area contributed by atoms with Crippen LogP contribution in [-0.4, -0.2) is 26.4 Å². The summed E-state index contributed by atoms with van der Waals surface area (Å²) >= 11 is 13.5. The molecule has 2 aromatic carbocycles. The van der Waals surface area contributed by atoms with E-state index in [1.54, 1.807) is 30.3 Å². The van der Waals surface area contributed by atoms with Gasteiger partial charge in [0.15, 0.2) is 17.1 Å². The lowest BCUT2D eigenvalue weighted by Gasteiger charge is -2.16. The number of carbonyl (C=O) groups is 1. The first-order valence-electron chi connectivity index (χ1n) is 9.53. The molecule has 0 radical (unpaired) electrons. The van der Waals surface area contributed by atoms with Gasteiger partial charge in [0.25, 0.3) is 0 Å². The van der Waals surface area contributed by atoms with Crippen LogP contribution in [0.3, 0.4) is 0 Å². The van der Waals surface area contributed by atoms with Crippen LogP contribution in [0, 0.1) is 6.92 Å². The fraction of sp³-hybridized carbons (Fsp3) is 0.227. The maximum Gasteiger partial charge on any atom is 0.234 e. The van der Waals surface area contributed by atoms with Gasteiger partial charge in [-0.2, -0.15) is 0 Å². The number of ether oxygens (including phenoxy) is 1. The zero-order valence-corrected chi connectivity index (χ0v) is 19.5. The van der Waals surface area contributed by atoms with E-state index in [-0.39, 0.29) is 11.7 Å². The predicted molar refractivity (Wildman–Crippen MR) is 126 cm³/mol. The third kappa shape index (κ3) is 6.03. The van der Waals surface area contributed by atoms with Crippen molar-refractivity contribution in [1.29, 1.82) is 0 Å². The van der Waals surface area contributed by atoms with Gasteiger partial charge in [0.05, 0.1) is 10.8 Å². The SMILES string of the molecule is C=CCn1c(SCC(=O)Nc2cc(Cl)ccc2C)nnc1C(C)Oc1ccccc1Cl. The number of amides is 1. The standard InChI is InChI=1S/C22H22Cl2N4O2S/c1-4-11-28-21(15(3)30-19-8-6-5-7-17(19)24)26-27-22(28)31-13-20(29)25-18-12-16(23)10-9-14(18)2/h4-10,12,15H,1,11,13H2,2-3H3,(H,25,29). The molecule has 0 bridgehead atoms. The Bertz CT molecular complexity index is 1090. The van der Waals surface area contributed by atoms with Crippen molar-refractivity contribution >= 4 is 46.6 Å². The molecule has 0 aliphatic carbocycles. The van der Waals surface area contributed by atoms with Crippen LogP contribution in [0.15, 0.2) is 60.3 Å². The minimum absolute atomic E-state index is 0.162. The van der Waals surface area contributed by atoms with Crippen LogP contribution in [-0.2, 0) is 11.3 Å². The number of anilines is 1. The van der Waals surface area contributed by atoms with Crippen LogP contribution in [0.5, 0.6) is 5.75 Å². The first kappa shape index (κ1) is 23.2. The van der Waals surface area contributed by atoms with Crippen LogP contribution in [0.1, 0.15) is 24.4 Å². The summed E-state index contributed by atoms with van der Waals surface area (Å²) in [7, 11) is 0. The van der Waals surface area contributed by atoms with Crippen molar-refractivity contribution in [2.24, 2.45) is 0 Å². The fourth-order valence-corrected chi connectivity index (χ4v) is 3.94. The molecule has 3 rings (SSSR count). The highest BCUT2D eigenvalue weighted by atomic mass is 35.5. The minimum Gasteiger partial charge on any atom is -0.481 e. The Hall–Kier alpha value is -2.48. The lowest BCUT2D eigenvalue weighted by Crippen LogP contribution is -2.16. The molecule has 1 N–H and O–H groups in total. The molecule has 31 heavy (non-hydrogen) atoms. The number of thioether (sulfide) groups is 1. The first-order valence-corrected chi connectivity index (χ1v) is 11.3. The first-order chi connectivity index (χ1) is 14.9. The van der Waals surface area contributed by atoms with E-state index >= 15 is 0 Å². The van der Waals surface area contributed by atoms with Gasteiger partial charge in [0.1, 0.15) is 5.75 Å². The van der Waals surface area contributed by atoms with Gasteiger partial charge in [0, 0.05) is 17.3 Å². The number of benzene rings is 2. The van der Waals surface area contributed by atoms with E-state index in [1.807, 2.05) is 36.6 Å². The number of allylic oxidation sites excluding steroid dienone is 1. The van der Waals surface area contributed by atoms with Crippen molar-refractivity contribution in [3.05, 3.63) is 76.6 Å². The number of halogens is 2. The molecule has 0 aliphatic rings. The summed E-state index contributed by atoms with van der Waals surface area (Å²) in [6, 6.07) is 12.6. The number of nitrogens with zero attached hydrogens (tertiary/aromatic N) is 3. The highest BCUT2D eigenvalue weighted by Crippen LogP contribution is 2.29. The van der Waals surface area contributed by atoms with E-state index in [0.29, 0.717) is 39.0 Å². The van der Waals surface area contributed by atoms with Crippen molar-refractivity contribution in [1.82, 2.24) is 14.8 Å². The molecule has 3 aromatic rings. The average molecular weight is 477 g/mol. The average Bonchev–Trinajstić information content (AvgIpc) is 3.14. The van der Waals surface area contributed by atoms with Crippen molar-refractivity contribution in [2.45, 2.75) is 31.7 Å². The quantitative estimate of drug-likeness (QED) is 0.305. The summed E-state index contributed by atoms with van der Waals surface area (Å²) in [6.45, 7) is 8.07. The zero-order valence-electron chi connectivity index (χ0n) is 17.1. The molecule has 162 valence electrons. The third-order valence-corrected chi connectivity index (χ3v) is 5.88. The second-order valence-corrected chi connectivity index (χ2v) is 8.51. The second-order valence-electron chi connectivity index (χ2n) is 6.73. The van der Waals surface area contributed by atoms with Crippen molar-refractivity contribution in [3.8, 4) is 5.75 Å². The van der Waals surface area contributed by atoms with E-state index in [9.17, 15) is 4.79 Å². The van der Waals surface area contributed by atoms with Gasteiger partial charge in [-0.05, 0) is 43.7 Å². The maximum atomic E-state index is 12.4. The van der Waals surface area contributed by atoms with Gasteiger partial charge in [-0.3, -0.25) is 9.36 Å². The molecular formula is C22H22Cl2N4O2S. The summed E-state index contributed by atoms with van der Waals surface area (Å²) in [6.07, 6.45) is 1.35. The number of hydrogen-bond acceptors (Lipinski definition) is 5. The van der Waals surface area contributed by atoms with Crippen LogP contribution in [0.2, 0.25) is 10.0 Å². The number of aryl methyl sites for hydroxylation is 1.